The van der Waals surface area contributed by atoms with Crippen LogP contribution in [-0.2, 0) is 0 Å². The summed E-state index contributed by atoms with van der Waals surface area (Å²) in [5.74, 6) is 1.17. The summed E-state index contributed by atoms with van der Waals surface area (Å²) in [6.45, 7) is 0. The first-order valence-electron chi connectivity index (χ1n) is 4.35. The predicted octanol–water partition coefficient (Wildman–Crippen LogP) is 1.84. The van der Waals surface area contributed by atoms with Crippen molar-refractivity contribution in [1.82, 2.24) is 4.98 Å². The molecule has 4 N–H and O–H groups in total. The number of hydrogen-bond acceptors (Lipinski definition) is 3. The summed E-state index contributed by atoms with van der Waals surface area (Å²) in [5, 5.41) is 0. The van der Waals surface area contributed by atoms with E-state index >= 15 is 0 Å². The molecule has 1 saturated carbocycles. The van der Waals surface area contributed by atoms with Crippen molar-refractivity contribution in [3.05, 3.63) is 22.3 Å². The molecule has 70 valence electrons. The number of nitrogens with two attached hydrogens (primary N) is 2. The topological polar surface area (TPSA) is 64.9 Å². The number of anilines is 1. The van der Waals surface area contributed by atoms with Crippen LogP contribution in [0.15, 0.2) is 16.7 Å². The zero-order valence-electron chi connectivity index (χ0n) is 7.20. The van der Waals surface area contributed by atoms with Crippen LogP contribution < -0.4 is 11.5 Å². The molecule has 1 aliphatic rings. The van der Waals surface area contributed by atoms with E-state index in [0.29, 0.717) is 11.7 Å². The molecule has 3 nitrogen and oxygen atoms in total. The Morgan fingerprint density at radius 1 is 1.54 bits per heavy atom. The van der Waals surface area contributed by atoms with Gasteiger partial charge in [-0.1, -0.05) is 0 Å². The van der Waals surface area contributed by atoms with Crippen molar-refractivity contribution in [2.24, 2.45) is 11.7 Å². The van der Waals surface area contributed by atoms with Crippen LogP contribution in [0.2, 0.25) is 0 Å². The van der Waals surface area contributed by atoms with Gasteiger partial charge in [0, 0.05) is 12.2 Å². The van der Waals surface area contributed by atoms with E-state index in [1.807, 2.05) is 6.07 Å². The highest BCUT2D eigenvalue weighted by atomic mass is 79.9. The molecule has 13 heavy (non-hydrogen) atoms. The smallest absolute Gasteiger partial charge is 0.137 e. The maximum Gasteiger partial charge on any atom is 0.137 e. The average molecular weight is 242 g/mol. The molecule has 0 radical (unpaired) electrons. The molecular weight excluding hydrogens is 230 g/mol. The second-order valence-corrected chi connectivity index (χ2v) is 4.35. The van der Waals surface area contributed by atoms with Gasteiger partial charge in [-0.3, -0.25) is 0 Å². The van der Waals surface area contributed by atoms with Gasteiger partial charge < -0.3 is 11.5 Å². The number of hydrogen-bond donors (Lipinski definition) is 2. The molecule has 0 unspecified atom stereocenters. The van der Waals surface area contributed by atoms with Gasteiger partial charge in [-0.25, -0.2) is 4.98 Å². The molecule has 1 atom stereocenters. The van der Waals surface area contributed by atoms with E-state index in [0.717, 1.165) is 10.0 Å². The van der Waals surface area contributed by atoms with Crippen LogP contribution in [0, 0.1) is 5.92 Å². The summed E-state index contributed by atoms with van der Waals surface area (Å²) < 4.78 is 0.834. The van der Waals surface area contributed by atoms with Crippen molar-refractivity contribution in [2.45, 2.75) is 18.9 Å². The molecular formula is C9H12BrN3. The molecule has 1 aromatic rings. The van der Waals surface area contributed by atoms with Crippen molar-refractivity contribution in [3.8, 4) is 0 Å². The van der Waals surface area contributed by atoms with Crippen molar-refractivity contribution in [1.29, 1.82) is 0 Å². The Balaban J connectivity index is 2.24. The molecule has 0 aliphatic heterocycles. The van der Waals surface area contributed by atoms with Crippen LogP contribution in [0.25, 0.3) is 0 Å². The van der Waals surface area contributed by atoms with Crippen LogP contribution in [0.1, 0.15) is 24.4 Å². The highest BCUT2D eigenvalue weighted by Crippen LogP contribution is 2.39. The summed E-state index contributed by atoms with van der Waals surface area (Å²) in [6, 6.07) is 2.09. The van der Waals surface area contributed by atoms with Gasteiger partial charge in [-0.15, -0.1) is 0 Å². The molecule has 4 heteroatoms. The maximum absolute atomic E-state index is 6.02. The lowest BCUT2D eigenvalue weighted by atomic mass is 10.1. The first-order valence-corrected chi connectivity index (χ1v) is 5.14. The standard InChI is InChI=1S/C9H12BrN3/c10-7-3-6(4-13-9(7)12)8(11)5-1-2-5/h3-5,8H,1-2,11H2,(H2,12,13)/t8-/m1/s1. The second kappa shape index (κ2) is 3.27. The van der Waals surface area contributed by atoms with Gasteiger partial charge in [0.1, 0.15) is 5.82 Å². The Labute approximate surface area is 85.7 Å². The molecule has 0 amide bonds. The average Bonchev–Trinajstić information content (AvgIpc) is 2.91. The number of halogens is 1. The molecule has 1 heterocycles. The number of nitrogen functional groups attached to an aromatic ring is 1. The lowest BCUT2D eigenvalue weighted by Gasteiger charge is -2.10. The van der Waals surface area contributed by atoms with Crippen molar-refractivity contribution in [2.75, 3.05) is 5.73 Å². The summed E-state index contributed by atoms with van der Waals surface area (Å²) in [7, 11) is 0. The van der Waals surface area contributed by atoms with Gasteiger partial charge in [0.25, 0.3) is 0 Å². The summed E-state index contributed by atoms with van der Waals surface area (Å²) in [5.41, 5.74) is 12.7. The molecule has 0 bridgehead atoms. The molecule has 1 aliphatic carbocycles. The molecule has 2 rings (SSSR count). The number of rotatable bonds is 2. The maximum atomic E-state index is 6.02. The van der Waals surface area contributed by atoms with Gasteiger partial charge in [-0.05, 0) is 46.3 Å². The number of nitrogens with zero attached hydrogens (tertiary/aromatic N) is 1. The number of aromatic nitrogens is 1. The molecule has 0 aromatic carbocycles. The van der Waals surface area contributed by atoms with Gasteiger partial charge >= 0.3 is 0 Å². The Hall–Kier alpha value is -0.610. The van der Waals surface area contributed by atoms with Crippen molar-refractivity contribution in [3.63, 3.8) is 0 Å². The zero-order chi connectivity index (χ0) is 9.42. The fourth-order valence-electron chi connectivity index (χ4n) is 1.37. The third-order valence-corrected chi connectivity index (χ3v) is 3.04. The van der Waals surface area contributed by atoms with Crippen LogP contribution in [0.5, 0.6) is 0 Å². The minimum absolute atomic E-state index is 0.129. The minimum Gasteiger partial charge on any atom is -0.383 e. The summed E-state index contributed by atoms with van der Waals surface area (Å²) >= 11 is 3.34. The lowest BCUT2D eigenvalue weighted by molar-refractivity contribution is 0.631. The second-order valence-electron chi connectivity index (χ2n) is 3.50. The van der Waals surface area contributed by atoms with E-state index < -0.39 is 0 Å². The van der Waals surface area contributed by atoms with Crippen molar-refractivity contribution >= 4 is 21.7 Å². The number of pyridine rings is 1. The van der Waals surface area contributed by atoms with E-state index in [9.17, 15) is 0 Å². The van der Waals surface area contributed by atoms with Crippen molar-refractivity contribution < 1.29 is 0 Å². The van der Waals surface area contributed by atoms with Crippen LogP contribution >= 0.6 is 15.9 Å². The van der Waals surface area contributed by atoms with E-state index in [4.69, 9.17) is 11.5 Å². The largest absolute Gasteiger partial charge is 0.383 e. The molecule has 1 fully saturated rings. The van der Waals surface area contributed by atoms with Gasteiger partial charge in [-0.2, -0.15) is 0 Å². The quantitative estimate of drug-likeness (QED) is 0.831. The monoisotopic (exact) mass is 241 g/mol. The Bertz CT molecular complexity index is 323. The first-order chi connectivity index (χ1) is 6.18. The fourth-order valence-corrected chi connectivity index (χ4v) is 1.74. The fraction of sp³-hybridized carbons (Fsp3) is 0.444. The van der Waals surface area contributed by atoms with Gasteiger partial charge in [0.2, 0.25) is 0 Å². The molecule has 0 saturated heterocycles. The van der Waals surface area contributed by atoms with E-state index in [2.05, 4.69) is 20.9 Å². The lowest BCUT2D eigenvalue weighted by Crippen LogP contribution is -2.13. The summed E-state index contributed by atoms with van der Waals surface area (Å²) in [4.78, 5) is 4.06. The highest BCUT2D eigenvalue weighted by Gasteiger charge is 2.29. The summed E-state index contributed by atoms with van der Waals surface area (Å²) in [6.07, 6.45) is 4.25. The Morgan fingerprint density at radius 3 is 2.77 bits per heavy atom. The van der Waals surface area contributed by atoms with Crippen LogP contribution in [0.3, 0.4) is 0 Å². The highest BCUT2D eigenvalue weighted by molar-refractivity contribution is 9.10. The van der Waals surface area contributed by atoms with Gasteiger partial charge in [0.05, 0.1) is 4.47 Å². The molecule has 1 aromatic heterocycles. The first kappa shape index (κ1) is 8.97. The van der Waals surface area contributed by atoms with E-state index in [1.54, 1.807) is 6.20 Å². The minimum atomic E-state index is 0.129. The van der Waals surface area contributed by atoms with E-state index in [1.165, 1.54) is 12.8 Å². The van der Waals surface area contributed by atoms with Crippen LogP contribution in [0.4, 0.5) is 5.82 Å². The van der Waals surface area contributed by atoms with E-state index in [-0.39, 0.29) is 6.04 Å². The van der Waals surface area contributed by atoms with Crippen LogP contribution in [-0.4, -0.2) is 4.98 Å². The third-order valence-electron chi connectivity index (χ3n) is 2.41. The normalized spacial score (nSPS) is 18.6. The molecule has 0 spiro atoms. The predicted molar refractivity (Wildman–Crippen MR) is 56.0 cm³/mol. The van der Waals surface area contributed by atoms with Gasteiger partial charge in [0.15, 0.2) is 0 Å². The zero-order valence-corrected chi connectivity index (χ0v) is 8.79. The Kier molecular flexibility index (Phi) is 2.26. The third kappa shape index (κ3) is 1.84. The SMILES string of the molecule is Nc1ncc([C@H](N)C2CC2)cc1Br. The Morgan fingerprint density at radius 2 is 2.23 bits per heavy atom.